The van der Waals surface area contributed by atoms with Crippen LogP contribution in [-0.4, -0.2) is 4.57 Å². The van der Waals surface area contributed by atoms with E-state index in [2.05, 4.69) is 252 Å². The van der Waals surface area contributed by atoms with Gasteiger partial charge >= 0.3 is 0 Å². The molecule has 0 aliphatic heterocycles. The Hall–Kier alpha value is -9.18. The quantitative estimate of drug-likeness (QED) is 0.155. The molecule has 2 aromatic heterocycles. The van der Waals surface area contributed by atoms with Crippen LogP contribution in [0.1, 0.15) is 22.3 Å². The fourth-order valence-corrected chi connectivity index (χ4v) is 12.2. The number of hydrogen-bond acceptors (Lipinski definition) is 2. The van der Waals surface area contributed by atoms with Crippen LogP contribution in [0.5, 0.6) is 0 Å². The Kier molecular flexibility index (Phi) is 8.28. The van der Waals surface area contributed by atoms with Gasteiger partial charge in [0, 0.05) is 50.4 Å². The summed E-state index contributed by atoms with van der Waals surface area (Å²) in [4.78, 5) is 2.47. The van der Waals surface area contributed by atoms with Gasteiger partial charge in [0.25, 0.3) is 0 Å². The number of aromatic nitrogens is 1. The number of benzene rings is 12. The van der Waals surface area contributed by atoms with Gasteiger partial charge in [0.2, 0.25) is 0 Å². The average molecular weight is 891 g/mol. The normalized spacial score (nSPS) is 13.0. The molecule has 3 nitrogen and oxygen atoms in total. The summed E-state index contributed by atoms with van der Waals surface area (Å²) < 4.78 is 8.83. The van der Waals surface area contributed by atoms with Gasteiger partial charge in [0.05, 0.1) is 16.4 Å². The standard InChI is InChI=1S/C67H42N2O/c1-3-16-45(17-4-1)67(46-18-5-2-6-19-46)61-24-12-9-21-55(61)56-36-30-49(41-62(56)67)68(47-29-35-52-44(39-47)28-34-53-51-20-8-7-15-43(51)27-33-54(52)53)48-32-38-64-60(40-48)57-22-10-13-25-63(57)69(64)50-31-37-59-58-23-11-14-26-65(58)70-66(59)42-50/h1-42H. The summed E-state index contributed by atoms with van der Waals surface area (Å²) in [6.07, 6.45) is 0. The topological polar surface area (TPSA) is 21.3 Å². The highest BCUT2D eigenvalue weighted by Crippen LogP contribution is 2.57. The Morgan fingerprint density at radius 1 is 0.314 bits per heavy atom. The Bertz CT molecular complexity index is 4390. The molecule has 0 spiro atoms. The van der Waals surface area contributed by atoms with Crippen molar-refractivity contribution in [1.82, 2.24) is 4.57 Å². The summed E-state index contributed by atoms with van der Waals surface area (Å²) in [5.74, 6) is 0. The first kappa shape index (κ1) is 38.9. The molecule has 0 N–H and O–H groups in total. The smallest absolute Gasteiger partial charge is 0.137 e. The van der Waals surface area contributed by atoms with Crippen LogP contribution in [0.25, 0.3) is 92.9 Å². The van der Waals surface area contributed by atoms with E-state index >= 15 is 0 Å². The summed E-state index contributed by atoms with van der Waals surface area (Å²) in [5, 5.41) is 12.1. The maximum absolute atomic E-state index is 6.44. The van der Waals surface area contributed by atoms with Gasteiger partial charge in [0.15, 0.2) is 0 Å². The Morgan fingerprint density at radius 3 is 1.70 bits per heavy atom. The molecule has 70 heavy (non-hydrogen) atoms. The first-order valence-electron chi connectivity index (χ1n) is 24.2. The number of rotatable bonds is 6. The molecular formula is C67H42N2O. The van der Waals surface area contributed by atoms with E-state index in [1.165, 1.54) is 76.5 Å². The SMILES string of the molecule is c1ccc(C2(c3ccccc3)c3ccccc3-c3ccc(N(c4ccc5c(ccc6c7ccccc7ccc56)c4)c4ccc5c(c4)c4ccccc4n5-c4ccc5c(c4)oc4ccccc45)cc32)cc1. The molecule has 3 heteroatoms. The molecule has 0 atom stereocenters. The van der Waals surface area contributed by atoms with Crippen LogP contribution in [0.2, 0.25) is 0 Å². The van der Waals surface area contributed by atoms with Crippen molar-refractivity contribution < 1.29 is 4.42 Å². The molecule has 0 bridgehead atoms. The zero-order chi connectivity index (χ0) is 45.9. The van der Waals surface area contributed by atoms with Crippen molar-refractivity contribution >= 4 is 93.1 Å². The molecule has 12 aromatic carbocycles. The van der Waals surface area contributed by atoms with Crippen molar-refractivity contribution in [3.05, 3.63) is 277 Å². The van der Waals surface area contributed by atoms with Crippen molar-refractivity contribution in [3.63, 3.8) is 0 Å². The van der Waals surface area contributed by atoms with E-state index in [-0.39, 0.29) is 0 Å². The highest BCUT2D eigenvalue weighted by molar-refractivity contribution is 6.18. The van der Waals surface area contributed by atoms with Gasteiger partial charge in [-0.3, -0.25) is 0 Å². The maximum Gasteiger partial charge on any atom is 0.137 e. The van der Waals surface area contributed by atoms with Gasteiger partial charge in [-0.1, -0.05) is 182 Å². The second-order valence-electron chi connectivity index (χ2n) is 18.8. The molecule has 0 saturated carbocycles. The minimum absolute atomic E-state index is 0.542. The molecule has 0 saturated heterocycles. The number of furan rings is 1. The van der Waals surface area contributed by atoms with Crippen LogP contribution in [0, 0.1) is 0 Å². The molecule has 0 radical (unpaired) electrons. The van der Waals surface area contributed by atoms with E-state index in [0.29, 0.717) is 0 Å². The number of fused-ring (bicyclic) bond motifs is 14. The van der Waals surface area contributed by atoms with Crippen molar-refractivity contribution in [2.24, 2.45) is 0 Å². The molecule has 15 rings (SSSR count). The molecule has 14 aromatic rings. The lowest BCUT2D eigenvalue weighted by atomic mass is 9.67. The third-order valence-corrected chi connectivity index (χ3v) is 15.2. The fraction of sp³-hybridized carbons (Fsp3) is 0.0149. The van der Waals surface area contributed by atoms with Crippen molar-refractivity contribution in [2.75, 3.05) is 4.90 Å². The van der Waals surface area contributed by atoms with Gasteiger partial charge in [0.1, 0.15) is 11.2 Å². The second-order valence-corrected chi connectivity index (χ2v) is 18.8. The van der Waals surface area contributed by atoms with Crippen molar-refractivity contribution in [3.8, 4) is 16.8 Å². The maximum atomic E-state index is 6.44. The molecule has 1 aliphatic rings. The molecule has 0 amide bonds. The molecule has 1 aliphatic carbocycles. The van der Waals surface area contributed by atoms with Crippen LogP contribution in [-0.2, 0) is 5.41 Å². The minimum atomic E-state index is -0.542. The molecule has 326 valence electrons. The second kappa shape index (κ2) is 14.9. The van der Waals surface area contributed by atoms with Crippen LogP contribution >= 0.6 is 0 Å². The van der Waals surface area contributed by atoms with E-state index in [1.54, 1.807) is 0 Å². The lowest BCUT2D eigenvalue weighted by Gasteiger charge is -2.35. The van der Waals surface area contributed by atoms with Gasteiger partial charge in [-0.15, -0.1) is 0 Å². The van der Waals surface area contributed by atoms with Gasteiger partial charge in [-0.05, 0) is 132 Å². The number of para-hydroxylation sites is 2. The Morgan fingerprint density at radius 2 is 0.871 bits per heavy atom. The largest absolute Gasteiger partial charge is 0.456 e. The zero-order valence-electron chi connectivity index (χ0n) is 38.1. The fourth-order valence-electron chi connectivity index (χ4n) is 12.2. The third kappa shape index (κ3) is 5.52. The van der Waals surface area contributed by atoms with E-state index in [0.717, 1.165) is 55.7 Å². The zero-order valence-corrected chi connectivity index (χ0v) is 38.1. The lowest BCUT2D eigenvalue weighted by molar-refractivity contribution is 0.668. The van der Waals surface area contributed by atoms with Crippen LogP contribution < -0.4 is 4.90 Å². The van der Waals surface area contributed by atoms with Crippen LogP contribution in [0.15, 0.2) is 259 Å². The predicted octanol–water partition coefficient (Wildman–Crippen LogP) is 18.0. The molecule has 0 unspecified atom stereocenters. The lowest BCUT2D eigenvalue weighted by Crippen LogP contribution is -2.28. The summed E-state index contributed by atoms with van der Waals surface area (Å²) in [6.45, 7) is 0. The summed E-state index contributed by atoms with van der Waals surface area (Å²) in [5.41, 5.74) is 15.4. The molecule has 0 fully saturated rings. The van der Waals surface area contributed by atoms with Crippen LogP contribution in [0.4, 0.5) is 17.1 Å². The Labute approximate surface area is 404 Å². The first-order chi connectivity index (χ1) is 34.7. The van der Waals surface area contributed by atoms with E-state index in [1.807, 2.05) is 12.1 Å². The average Bonchev–Trinajstić information content (AvgIpc) is 4.07. The summed E-state index contributed by atoms with van der Waals surface area (Å²) in [6, 6.07) is 93.9. The van der Waals surface area contributed by atoms with E-state index in [4.69, 9.17) is 4.42 Å². The van der Waals surface area contributed by atoms with Gasteiger partial charge < -0.3 is 13.9 Å². The van der Waals surface area contributed by atoms with Gasteiger partial charge in [-0.25, -0.2) is 0 Å². The van der Waals surface area contributed by atoms with Gasteiger partial charge in [-0.2, -0.15) is 0 Å². The Balaban J connectivity index is 0.976. The van der Waals surface area contributed by atoms with E-state index in [9.17, 15) is 0 Å². The van der Waals surface area contributed by atoms with Crippen LogP contribution in [0.3, 0.4) is 0 Å². The van der Waals surface area contributed by atoms with Crippen molar-refractivity contribution in [1.29, 1.82) is 0 Å². The number of hydrogen-bond donors (Lipinski definition) is 0. The highest BCUT2D eigenvalue weighted by Gasteiger charge is 2.46. The highest BCUT2D eigenvalue weighted by atomic mass is 16.3. The number of nitrogens with zero attached hydrogens (tertiary/aromatic N) is 2. The number of anilines is 3. The third-order valence-electron chi connectivity index (χ3n) is 15.2. The predicted molar refractivity (Wildman–Crippen MR) is 293 cm³/mol. The molecular weight excluding hydrogens is 849 g/mol. The summed E-state index contributed by atoms with van der Waals surface area (Å²) in [7, 11) is 0. The molecule has 2 heterocycles. The van der Waals surface area contributed by atoms with Crippen molar-refractivity contribution in [2.45, 2.75) is 5.41 Å². The summed E-state index contributed by atoms with van der Waals surface area (Å²) >= 11 is 0. The van der Waals surface area contributed by atoms with E-state index < -0.39 is 5.41 Å². The monoisotopic (exact) mass is 890 g/mol. The first-order valence-corrected chi connectivity index (χ1v) is 24.2. The minimum Gasteiger partial charge on any atom is -0.456 e.